The Kier molecular flexibility index (Phi) is 2.93. The second-order valence-corrected chi connectivity index (χ2v) is 2.01. The number of ether oxygens (including phenoxy) is 1. The maximum atomic E-state index is 8.07. The summed E-state index contributed by atoms with van der Waals surface area (Å²) in [6.07, 6.45) is 2.79. The van der Waals surface area contributed by atoms with Gasteiger partial charge in [-0.15, -0.1) is 0 Å². The molecule has 1 aliphatic rings. The van der Waals surface area contributed by atoms with E-state index in [0.717, 1.165) is 25.9 Å². The largest absolute Gasteiger partial charge is 0.351 e. The van der Waals surface area contributed by atoms with Gasteiger partial charge in [0.25, 0.3) is 0 Å². The minimum absolute atomic E-state index is 0.260. The van der Waals surface area contributed by atoms with Gasteiger partial charge in [-0.2, -0.15) is 0 Å². The SMILES string of the molecule is ONOC1CCCCO1. The van der Waals surface area contributed by atoms with Crippen LogP contribution in [0.15, 0.2) is 0 Å². The van der Waals surface area contributed by atoms with Crippen molar-refractivity contribution in [2.45, 2.75) is 25.6 Å². The summed E-state index contributed by atoms with van der Waals surface area (Å²) >= 11 is 0. The quantitative estimate of drug-likeness (QED) is 0.536. The van der Waals surface area contributed by atoms with Gasteiger partial charge in [-0.05, 0) is 12.8 Å². The van der Waals surface area contributed by atoms with Crippen LogP contribution in [0.3, 0.4) is 0 Å². The smallest absolute Gasteiger partial charge is 0.179 e. The zero-order valence-electron chi connectivity index (χ0n) is 5.17. The monoisotopic (exact) mass is 133 g/mol. The number of nitrogens with one attached hydrogen (secondary N) is 1. The lowest BCUT2D eigenvalue weighted by Crippen LogP contribution is -2.27. The zero-order valence-corrected chi connectivity index (χ0v) is 5.17. The Morgan fingerprint density at radius 2 is 2.44 bits per heavy atom. The molecule has 9 heavy (non-hydrogen) atoms. The van der Waals surface area contributed by atoms with E-state index in [1.807, 2.05) is 0 Å². The fraction of sp³-hybridized carbons (Fsp3) is 1.00. The summed E-state index contributed by atoms with van der Waals surface area (Å²) in [4.78, 5) is 4.57. The molecule has 0 aromatic carbocycles. The van der Waals surface area contributed by atoms with E-state index in [4.69, 9.17) is 9.94 Å². The first-order valence-electron chi connectivity index (χ1n) is 3.10. The fourth-order valence-electron chi connectivity index (χ4n) is 0.863. The average Bonchev–Trinajstić information content (AvgIpc) is 1.91. The highest BCUT2D eigenvalue weighted by atomic mass is 16.9. The van der Waals surface area contributed by atoms with Gasteiger partial charge < -0.3 is 4.74 Å². The molecule has 0 bridgehead atoms. The Morgan fingerprint density at radius 3 is 3.00 bits per heavy atom. The summed E-state index contributed by atoms with van der Waals surface area (Å²) in [5.74, 6) is 0. The van der Waals surface area contributed by atoms with E-state index < -0.39 is 0 Å². The lowest BCUT2D eigenvalue weighted by atomic mass is 10.2. The van der Waals surface area contributed by atoms with Gasteiger partial charge in [-0.25, -0.2) is 4.84 Å². The van der Waals surface area contributed by atoms with Crippen molar-refractivity contribution in [1.29, 1.82) is 0 Å². The molecule has 1 atom stereocenters. The van der Waals surface area contributed by atoms with Crippen LogP contribution in [0, 0.1) is 0 Å². The maximum Gasteiger partial charge on any atom is 0.179 e. The van der Waals surface area contributed by atoms with Crippen LogP contribution in [0.1, 0.15) is 19.3 Å². The van der Waals surface area contributed by atoms with Crippen molar-refractivity contribution >= 4 is 0 Å². The van der Waals surface area contributed by atoms with Crippen molar-refractivity contribution in [2.24, 2.45) is 0 Å². The van der Waals surface area contributed by atoms with E-state index in [-0.39, 0.29) is 6.29 Å². The van der Waals surface area contributed by atoms with E-state index in [1.54, 1.807) is 5.64 Å². The summed E-state index contributed by atoms with van der Waals surface area (Å²) < 4.78 is 5.07. The molecule has 1 rings (SSSR count). The van der Waals surface area contributed by atoms with Crippen LogP contribution < -0.4 is 5.64 Å². The van der Waals surface area contributed by atoms with Crippen molar-refractivity contribution in [3.05, 3.63) is 0 Å². The van der Waals surface area contributed by atoms with E-state index in [9.17, 15) is 0 Å². The van der Waals surface area contributed by atoms with Gasteiger partial charge in [0.1, 0.15) is 0 Å². The van der Waals surface area contributed by atoms with Crippen LogP contribution in [0.25, 0.3) is 0 Å². The van der Waals surface area contributed by atoms with Crippen molar-refractivity contribution in [3.8, 4) is 0 Å². The summed E-state index contributed by atoms with van der Waals surface area (Å²) in [6, 6.07) is 0. The highest BCUT2D eigenvalue weighted by Crippen LogP contribution is 2.11. The molecule has 1 unspecified atom stereocenters. The standard InChI is InChI=1S/C5H11NO3/c7-6-9-5-3-1-2-4-8-5/h5-7H,1-4H2. The molecule has 0 radical (unpaired) electrons. The molecule has 1 saturated heterocycles. The molecule has 1 heterocycles. The van der Waals surface area contributed by atoms with E-state index in [0.29, 0.717) is 0 Å². The number of hydrogen-bond donors (Lipinski definition) is 2. The molecule has 1 fully saturated rings. The number of rotatable bonds is 2. The van der Waals surface area contributed by atoms with Gasteiger partial charge in [0, 0.05) is 13.0 Å². The molecular weight excluding hydrogens is 122 g/mol. The Bertz CT molecular complexity index is 69.8. The first-order valence-corrected chi connectivity index (χ1v) is 3.10. The highest BCUT2D eigenvalue weighted by Gasteiger charge is 2.13. The molecule has 54 valence electrons. The van der Waals surface area contributed by atoms with Crippen molar-refractivity contribution in [1.82, 2.24) is 5.64 Å². The lowest BCUT2D eigenvalue weighted by molar-refractivity contribution is -0.258. The molecule has 2 N–H and O–H groups in total. The molecule has 0 saturated carbocycles. The molecule has 0 amide bonds. The van der Waals surface area contributed by atoms with Crippen LogP contribution in [0.5, 0.6) is 0 Å². The van der Waals surface area contributed by atoms with E-state index in [2.05, 4.69) is 4.84 Å². The number of hydrogen-bond acceptors (Lipinski definition) is 4. The Morgan fingerprint density at radius 1 is 1.56 bits per heavy atom. The molecule has 4 nitrogen and oxygen atoms in total. The molecule has 4 heteroatoms. The van der Waals surface area contributed by atoms with Crippen LogP contribution in [-0.4, -0.2) is 18.1 Å². The van der Waals surface area contributed by atoms with E-state index >= 15 is 0 Å². The van der Waals surface area contributed by atoms with Gasteiger partial charge >= 0.3 is 0 Å². The normalized spacial score (nSPS) is 28.3. The molecule has 0 aromatic rings. The molecule has 0 aliphatic carbocycles. The van der Waals surface area contributed by atoms with E-state index in [1.165, 1.54) is 0 Å². The Labute approximate surface area is 53.7 Å². The predicted octanol–water partition coefficient (Wildman–Crippen LogP) is 0.423. The van der Waals surface area contributed by atoms with Crippen LogP contribution >= 0.6 is 0 Å². The Hall–Kier alpha value is -0.160. The van der Waals surface area contributed by atoms with Gasteiger partial charge in [0.15, 0.2) is 6.29 Å². The predicted molar refractivity (Wildman–Crippen MR) is 29.6 cm³/mol. The van der Waals surface area contributed by atoms with Crippen LogP contribution in [0.2, 0.25) is 0 Å². The van der Waals surface area contributed by atoms with Gasteiger partial charge in [0.2, 0.25) is 0 Å². The van der Waals surface area contributed by atoms with Crippen LogP contribution in [-0.2, 0) is 9.57 Å². The third-order valence-electron chi connectivity index (χ3n) is 1.32. The van der Waals surface area contributed by atoms with Crippen molar-refractivity contribution in [3.63, 3.8) is 0 Å². The first kappa shape index (κ1) is 6.95. The van der Waals surface area contributed by atoms with Gasteiger partial charge in [-0.1, -0.05) is 5.64 Å². The summed E-state index contributed by atoms with van der Waals surface area (Å²) in [5, 5.41) is 8.07. The summed E-state index contributed by atoms with van der Waals surface area (Å²) in [5.41, 5.74) is 1.61. The minimum atomic E-state index is -0.260. The first-order chi connectivity index (χ1) is 4.43. The summed E-state index contributed by atoms with van der Waals surface area (Å²) in [7, 11) is 0. The molecule has 0 spiro atoms. The van der Waals surface area contributed by atoms with Crippen molar-refractivity contribution in [2.75, 3.05) is 6.61 Å². The molecular formula is C5H11NO3. The average molecular weight is 133 g/mol. The maximum absolute atomic E-state index is 8.07. The topological polar surface area (TPSA) is 50.7 Å². The highest BCUT2D eigenvalue weighted by molar-refractivity contribution is 4.51. The lowest BCUT2D eigenvalue weighted by Gasteiger charge is -2.20. The molecule has 0 aromatic heterocycles. The fourth-order valence-corrected chi connectivity index (χ4v) is 0.863. The van der Waals surface area contributed by atoms with Crippen LogP contribution in [0.4, 0.5) is 0 Å². The van der Waals surface area contributed by atoms with Gasteiger partial charge in [0.05, 0.1) is 0 Å². The minimum Gasteiger partial charge on any atom is -0.351 e. The Balaban J connectivity index is 2.08. The van der Waals surface area contributed by atoms with Gasteiger partial charge in [-0.3, -0.25) is 5.21 Å². The second kappa shape index (κ2) is 3.79. The summed E-state index contributed by atoms with van der Waals surface area (Å²) in [6.45, 7) is 0.729. The molecule has 1 aliphatic heterocycles. The second-order valence-electron chi connectivity index (χ2n) is 2.01. The third-order valence-corrected chi connectivity index (χ3v) is 1.32. The zero-order chi connectivity index (χ0) is 6.53. The third kappa shape index (κ3) is 2.28. The van der Waals surface area contributed by atoms with Crippen molar-refractivity contribution < 1.29 is 14.8 Å².